The Kier molecular flexibility index (Phi) is 5.44. The quantitative estimate of drug-likeness (QED) is 0.621. The van der Waals surface area contributed by atoms with Gasteiger partial charge in [-0.25, -0.2) is 4.79 Å². The Morgan fingerprint density at radius 3 is 2.55 bits per heavy atom. The van der Waals surface area contributed by atoms with Crippen LogP contribution in [0.1, 0.15) is 34.1 Å². The number of ether oxygens (including phenoxy) is 1. The highest BCUT2D eigenvalue weighted by Crippen LogP contribution is 2.47. The van der Waals surface area contributed by atoms with Crippen molar-refractivity contribution in [2.75, 3.05) is 6.61 Å². The molecular formula is C15H29NO3Si. The summed E-state index contributed by atoms with van der Waals surface area (Å²) < 4.78 is 4.97. The first-order valence-electron chi connectivity index (χ1n) is 7.39. The maximum Gasteiger partial charge on any atom is 0.407 e. The van der Waals surface area contributed by atoms with Gasteiger partial charge in [0.1, 0.15) is 0 Å². The van der Waals surface area contributed by atoms with Crippen molar-refractivity contribution in [3.8, 4) is 0 Å². The van der Waals surface area contributed by atoms with Gasteiger partial charge in [-0.3, -0.25) is 0 Å². The molecule has 0 fully saturated rings. The predicted octanol–water partition coefficient (Wildman–Crippen LogP) is 3.30. The molecule has 0 radical (unpaired) electrons. The van der Waals surface area contributed by atoms with Gasteiger partial charge < -0.3 is 15.2 Å². The molecule has 1 amide bonds. The summed E-state index contributed by atoms with van der Waals surface area (Å²) >= 11 is 0. The fourth-order valence-corrected chi connectivity index (χ4v) is 5.38. The molecule has 1 aliphatic rings. The lowest BCUT2D eigenvalue weighted by Gasteiger charge is -2.47. The Morgan fingerprint density at radius 2 is 2.05 bits per heavy atom. The van der Waals surface area contributed by atoms with Gasteiger partial charge in [0.15, 0.2) is 0 Å². The maximum atomic E-state index is 11.7. The molecule has 0 unspecified atom stereocenters. The van der Waals surface area contributed by atoms with E-state index in [-0.39, 0.29) is 16.6 Å². The van der Waals surface area contributed by atoms with Crippen molar-refractivity contribution in [2.45, 2.75) is 69.9 Å². The Hall–Kier alpha value is -0.813. The standard InChI is InChI=1S/C15H29NO3Si/c1-7-19-14(18)16-13-11(17)9-8-10-12(13)20(5,6)15(2,3)4/h8,10-13,17H,7,9H2,1-6H3,(H,16,18)/t11-,12-,13-/m0/s1. The molecule has 0 aromatic carbocycles. The van der Waals surface area contributed by atoms with Gasteiger partial charge in [0.2, 0.25) is 0 Å². The van der Waals surface area contributed by atoms with E-state index in [4.69, 9.17) is 4.74 Å². The molecule has 0 bridgehead atoms. The van der Waals surface area contributed by atoms with E-state index in [1.807, 2.05) is 6.08 Å². The summed E-state index contributed by atoms with van der Waals surface area (Å²) in [4.78, 5) is 11.7. The van der Waals surface area contributed by atoms with Crippen molar-refractivity contribution in [2.24, 2.45) is 0 Å². The lowest BCUT2D eigenvalue weighted by atomic mass is 9.98. The van der Waals surface area contributed by atoms with Crippen LogP contribution >= 0.6 is 0 Å². The van der Waals surface area contributed by atoms with Crippen LogP contribution in [-0.4, -0.2) is 38.0 Å². The summed E-state index contributed by atoms with van der Waals surface area (Å²) in [5, 5.41) is 13.3. The highest BCUT2D eigenvalue weighted by molar-refractivity contribution is 6.82. The first-order valence-corrected chi connectivity index (χ1v) is 10.5. The Bertz CT molecular complexity index is 374. The number of rotatable bonds is 3. The van der Waals surface area contributed by atoms with Gasteiger partial charge in [-0.15, -0.1) is 0 Å². The van der Waals surface area contributed by atoms with Gasteiger partial charge in [0.25, 0.3) is 0 Å². The third-order valence-corrected chi connectivity index (χ3v) is 10.9. The molecule has 1 aliphatic carbocycles. The largest absolute Gasteiger partial charge is 0.450 e. The van der Waals surface area contributed by atoms with E-state index in [2.05, 4.69) is 45.3 Å². The Labute approximate surface area is 123 Å². The second-order valence-corrected chi connectivity index (χ2v) is 12.7. The second-order valence-electron chi connectivity index (χ2n) is 7.12. The molecule has 0 aliphatic heterocycles. The van der Waals surface area contributed by atoms with E-state index >= 15 is 0 Å². The van der Waals surface area contributed by atoms with E-state index < -0.39 is 20.3 Å². The van der Waals surface area contributed by atoms with Crippen molar-refractivity contribution in [3.05, 3.63) is 12.2 Å². The zero-order valence-electron chi connectivity index (χ0n) is 13.6. The topological polar surface area (TPSA) is 58.6 Å². The van der Waals surface area contributed by atoms with Gasteiger partial charge in [-0.1, -0.05) is 46.0 Å². The number of carbonyl (C=O) groups excluding carboxylic acids is 1. The summed E-state index contributed by atoms with van der Waals surface area (Å²) in [6, 6.07) is -0.250. The smallest absolute Gasteiger partial charge is 0.407 e. The molecule has 4 nitrogen and oxygen atoms in total. The fraction of sp³-hybridized carbons (Fsp3) is 0.800. The van der Waals surface area contributed by atoms with Crippen LogP contribution in [0.2, 0.25) is 23.7 Å². The van der Waals surface area contributed by atoms with Crippen molar-refractivity contribution >= 4 is 14.2 Å². The SMILES string of the molecule is CCOC(=O)N[C@H]1[C@@H](O)CC=C[C@@H]1[Si](C)(C)C(C)(C)C. The molecule has 0 heterocycles. The summed E-state index contributed by atoms with van der Waals surface area (Å²) in [6.07, 6.45) is 3.83. The molecule has 0 aromatic rings. The van der Waals surface area contributed by atoms with Crippen LogP contribution in [0.15, 0.2) is 12.2 Å². The van der Waals surface area contributed by atoms with Crippen molar-refractivity contribution in [1.82, 2.24) is 5.32 Å². The number of hydrogen-bond donors (Lipinski definition) is 2. The number of aliphatic hydroxyl groups excluding tert-OH is 1. The first-order chi connectivity index (χ1) is 9.11. The van der Waals surface area contributed by atoms with Crippen LogP contribution in [0.5, 0.6) is 0 Å². The number of carbonyl (C=O) groups is 1. The Morgan fingerprint density at radius 1 is 1.45 bits per heavy atom. The molecule has 3 atom stereocenters. The van der Waals surface area contributed by atoms with Crippen LogP contribution in [0, 0.1) is 0 Å². The van der Waals surface area contributed by atoms with E-state index in [1.54, 1.807) is 6.92 Å². The minimum atomic E-state index is -1.72. The van der Waals surface area contributed by atoms with Gasteiger partial charge >= 0.3 is 6.09 Å². The van der Waals surface area contributed by atoms with Gasteiger partial charge in [-0.05, 0) is 23.9 Å². The van der Waals surface area contributed by atoms with Crippen molar-refractivity contribution in [3.63, 3.8) is 0 Å². The predicted molar refractivity (Wildman–Crippen MR) is 84.7 cm³/mol. The number of alkyl carbamates (subject to hydrolysis) is 1. The lowest BCUT2D eigenvalue weighted by molar-refractivity contribution is 0.105. The molecule has 1 rings (SSSR count). The van der Waals surface area contributed by atoms with Gasteiger partial charge in [0.05, 0.1) is 26.8 Å². The van der Waals surface area contributed by atoms with Crippen LogP contribution in [0.25, 0.3) is 0 Å². The molecule has 0 aromatic heterocycles. The third-order valence-electron chi connectivity index (χ3n) is 4.85. The van der Waals surface area contributed by atoms with Crippen molar-refractivity contribution < 1.29 is 14.6 Å². The summed E-state index contributed by atoms with van der Waals surface area (Å²) in [5.41, 5.74) is 0.204. The molecule has 0 saturated carbocycles. The average Bonchev–Trinajstić information content (AvgIpc) is 2.30. The van der Waals surface area contributed by atoms with Crippen LogP contribution in [-0.2, 0) is 4.74 Å². The van der Waals surface area contributed by atoms with Crippen LogP contribution < -0.4 is 5.32 Å². The normalized spacial score (nSPS) is 27.2. The second kappa shape index (κ2) is 6.31. The average molecular weight is 299 g/mol. The van der Waals surface area contributed by atoms with E-state index in [9.17, 15) is 9.90 Å². The molecule has 0 saturated heterocycles. The number of aliphatic hydroxyl groups is 1. The number of amides is 1. The number of nitrogens with one attached hydrogen (secondary N) is 1. The minimum absolute atomic E-state index is 0.188. The molecule has 2 N–H and O–H groups in total. The highest BCUT2D eigenvalue weighted by atomic mass is 28.3. The van der Waals surface area contributed by atoms with E-state index in [0.29, 0.717) is 13.0 Å². The first kappa shape index (κ1) is 17.2. The maximum absolute atomic E-state index is 11.7. The van der Waals surface area contributed by atoms with Crippen LogP contribution in [0.4, 0.5) is 4.79 Å². The Balaban J connectivity index is 2.99. The summed E-state index contributed by atoms with van der Waals surface area (Å²) in [6.45, 7) is 13.5. The zero-order valence-corrected chi connectivity index (χ0v) is 14.6. The third kappa shape index (κ3) is 3.64. The minimum Gasteiger partial charge on any atom is -0.450 e. The summed E-state index contributed by atoms with van der Waals surface area (Å²) in [7, 11) is -1.72. The van der Waals surface area contributed by atoms with E-state index in [0.717, 1.165) is 0 Å². The van der Waals surface area contributed by atoms with Gasteiger partial charge in [-0.2, -0.15) is 0 Å². The molecule has 5 heteroatoms. The summed E-state index contributed by atoms with van der Waals surface area (Å²) in [5.74, 6) is 0. The molecule has 116 valence electrons. The highest BCUT2D eigenvalue weighted by Gasteiger charge is 2.47. The molecule has 20 heavy (non-hydrogen) atoms. The monoisotopic (exact) mass is 299 g/mol. The van der Waals surface area contributed by atoms with Crippen LogP contribution in [0.3, 0.4) is 0 Å². The number of hydrogen-bond acceptors (Lipinski definition) is 3. The van der Waals surface area contributed by atoms with E-state index in [1.165, 1.54) is 0 Å². The lowest BCUT2D eigenvalue weighted by Crippen LogP contribution is -2.56. The van der Waals surface area contributed by atoms with Gasteiger partial charge in [0, 0.05) is 0 Å². The molecular weight excluding hydrogens is 270 g/mol. The van der Waals surface area contributed by atoms with Crippen molar-refractivity contribution in [1.29, 1.82) is 0 Å². The zero-order chi connectivity index (χ0) is 15.6. The molecule has 0 spiro atoms. The fourth-order valence-electron chi connectivity index (χ4n) is 2.55.